The lowest BCUT2D eigenvalue weighted by Crippen LogP contribution is -2.47. The second kappa shape index (κ2) is 8.87. The minimum Gasteiger partial charge on any atom is -0.356 e. The van der Waals surface area contributed by atoms with Crippen molar-refractivity contribution < 1.29 is 9.47 Å². The highest BCUT2D eigenvalue weighted by molar-refractivity contribution is 4.80. The second-order valence-corrected chi connectivity index (χ2v) is 5.77. The van der Waals surface area contributed by atoms with E-state index in [9.17, 15) is 0 Å². The Hall–Kier alpha value is -0.200. The summed E-state index contributed by atoms with van der Waals surface area (Å²) in [5.41, 5.74) is 5.92. The number of rotatable bonds is 8. The van der Waals surface area contributed by atoms with Gasteiger partial charge in [-0.2, -0.15) is 0 Å². The van der Waals surface area contributed by atoms with Gasteiger partial charge in [0, 0.05) is 39.8 Å². The summed E-state index contributed by atoms with van der Waals surface area (Å²) >= 11 is 0. The molecule has 0 aromatic rings. The quantitative estimate of drug-likeness (QED) is 0.656. The molecule has 0 bridgehead atoms. The fourth-order valence-electron chi connectivity index (χ4n) is 2.92. The van der Waals surface area contributed by atoms with Gasteiger partial charge in [0.25, 0.3) is 0 Å². The predicted molar refractivity (Wildman–Crippen MR) is 78.1 cm³/mol. The summed E-state index contributed by atoms with van der Waals surface area (Å²) in [6.07, 6.45) is 3.23. The molecule has 0 radical (unpaired) electrons. The van der Waals surface area contributed by atoms with Crippen LogP contribution in [-0.2, 0) is 9.47 Å². The monoisotopic (exact) mass is 273 g/mol. The molecule has 0 amide bonds. The van der Waals surface area contributed by atoms with E-state index in [1.807, 2.05) is 0 Å². The molecule has 1 heterocycles. The van der Waals surface area contributed by atoms with Gasteiger partial charge >= 0.3 is 0 Å². The zero-order chi connectivity index (χ0) is 14.3. The van der Waals surface area contributed by atoms with Crippen LogP contribution in [0.1, 0.15) is 19.3 Å². The van der Waals surface area contributed by atoms with Crippen LogP contribution in [0.25, 0.3) is 0 Å². The van der Waals surface area contributed by atoms with E-state index >= 15 is 0 Å². The topological polar surface area (TPSA) is 51.0 Å². The first-order valence-electron chi connectivity index (χ1n) is 7.25. The van der Waals surface area contributed by atoms with Crippen LogP contribution in [0.3, 0.4) is 0 Å². The molecule has 1 rings (SSSR count). The van der Waals surface area contributed by atoms with Crippen LogP contribution in [-0.4, -0.2) is 76.6 Å². The third-order valence-electron chi connectivity index (χ3n) is 4.05. The van der Waals surface area contributed by atoms with Crippen molar-refractivity contribution in [3.05, 3.63) is 0 Å². The number of hydrogen-bond acceptors (Lipinski definition) is 5. The van der Waals surface area contributed by atoms with Crippen molar-refractivity contribution in [3.8, 4) is 0 Å². The van der Waals surface area contributed by atoms with E-state index in [-0.39, 0.29) is 6.29 Å². The number of piperidine rings is 1. The van der Waals surface area contributed by atoms with Crippen LogP contribution in [0.2, 0.25) is 0 Å². The first kappa shape index (κ1) is 16.9. The maximum absolute atomic E-state index is 5.92. The van der Waals surface area contributed by atoms with Gasteiger partial charge in [-0.05, 0) is 45.9 Å². The number of nitrogens with two attached hydrogens (primary N) is 1. The third kappa shape index (κ3) is 5.75. The zero-order valence-electron chi connectivity index (χ0n) is 13.0. The molecule has 1 aliphatic rings. The molecule has 0 aromatic carbocycles. The van der Waals surface area contributed by atoms with Crippen LogP contribution in [0.15, 0.2) is 0 Å². The van der Waals surface area contributed by atoms with E-state index in [4.69, 9.17) is 15.2 Å². The summed E-state index contributed by atoms with van der Waals surface area (Å²) in [4.78, 5) is 4.78. The van der Waals surface area contributed by atoms with Gasteiger partial charge in [0.2, 0.25) is 0 Å². The molecular weight excluding hydrogens is 242 g/mol. The van der Waals surface area contributed by atoms with E-state index in [0.29, 0.717) is 12.6 Å². The lowest BCUT2D eigenvalue weighted by atomic mass is 9.94. The van der Waals surface area contributed by atoms with Gasteiger partial charge < -0.3 is 20.1 Å². The van der Waals surface area contributed by atoms with Crippen LogP contribution in [0, 0.1) is 5.92 Å². The van der Waals surface area contributed by atoms with Crippen molar-refractivity contribution >= 4 is 0 Å². The van der Waals surface area contributed by atoms with Gasteiger partial charge in [0.05, 0.1) is 0 Å². The molecular formula is C14H31N3O2. The Morgan fingerprint density at radius 3 is 2.21 bits per heavy atom. The molecule has 0 aromatic heterocycles. The maximum Gasteiger partial charge on any atom is 0.158 e. The van der Waals surface area contributed by atoms with Crippen LogP contribution >= 0.6 is 0 Å². The molecule has 0 spiro atoms. The molecule has 1 atom stereocenters. The molecule has 1 unspecified atom stereocenters. The Balaban J connectivity index is 2.38. The summed E-state index contributed by atoms with van der Waals surface area (Å²) in [5, 5.41) is 0. The minimum atomic E-state index is -0.145. The van der Waals surface area contributed by atoms with E-state index in [1.165, 1.54) is 19.4 Å². The average molecular weight is 273 g/mol. The highest BCUT2D eigenvalue weighted by Gasteiger charge is 2.26. The normalized spacial score (nSPS) is 20.4. The molecule has 5 nitrogen and oxygen atoms in total. The lowest BCUT2D eigenvalue weighted by Gasteiger charge is -2.38. The van der Waals surface area contributed by atoms with E-state index in [1.54, 1.807) is 14.2 Å². The number of likely N-dealkylation sites (tertiary alicyclic amines) is 1. The molecule has 1 saturated heterocycles. The van der Waals surface area contributed by atoms with Crippen molar-refractivity contribution in [3.63, 3.8) is 0 Å². The van der Waals surface area contributed by atoms with Crippen LogP contribution < -0.4 is 5.73 Å². The Morgan fingerprint density at radius 2 is 1.79 bits per heavy atom. The summed E-state index contributed by atoms with van der Waals surface area (Å²) in [6.45, 7) is 4.14. The zero-order valence-corrected chi connectivity index (χ0v) is 13.0. The number of nitrogens with zero attached hydrogens (tertiary/aromatic N) is 2. The molecule has 2 N–H and O–H groups in total. The van der Waals surface area contributed by atoms with Gasteiger partial charge in [-0.1, -0.05) is 0 Å². The number of ether oxygens (including phenoxy) is 2. The van der Waals surface area contributed by atoms with Gasteiger partial charge in [-0.15, -0.1) is 0 Å². The highest BCUT2D eigenvalue weighted by atomic mass is 16.7. The Morgan fingerprint density at radius 1 is 1.21 bits per heavy atom. The fraction of sp³-hybridized carbons (Fsp3) is 1.00. The SMILES string of the molecule is COC(CC(CN)N1CCC(CN(C)C)CC1)OC. The molecule has 1 fully saturated rings. The predicted octanol–water partition coefficient (Wildman–Crippen LogP) is 0.596. The Labute approximate surface area is 118 Å². The summed E-state index contributed by atoms with van der Waals surface area (Å²) < 4.78 is 10.6. The minimum absolute atomic E-state index is 0.145. The Kier molecular flexibility index (Phi) is 7.87. The van der Waals surface area contributed by atoms with Crippen molar-refractivity contribution in [2.75, 3.05) is 54.5 Å². The first-order chi connectivity index (χ1) is 9.10. The first-order valence-corrected chi connectivity index (χ1v) is 7.25. The fourth-order valence-corrected chi connectivity index (χ4v) is 2.92. The van der Waals surface area contributed by atoms with Gasteiger partial charge in [-0.3, -0.25) is 4.90 Å². The van der Waals surface area contributed by atoms with E-state index in [0.717, 1.165) is 25.4 Å². The van der Waals surface area contributed by atoms with Crippen molar-refractivity contribution in [1.29, 1.82) is 0 Å². The third-order valence-corrected chi connectivity index (χ3v) is 4.05. The number of hydrogen-bond donors (Lipinski definition) is 1. The van der Waals surface area contributed by atoms with Crippen molar-refractivity contribution in [2.45, 2.75) is 31.6 Å². The lowest BCUT2D eigenvalue weighted by molar-refractivity contribution is -0.117. The molecule has 0 saturated carbocycles. The average Bonchev–Trinajstić information content (AvgIpc) is 2.41. The molecule has 19 heavy (non-hydrogen) atoms. The number of methoxy groups -OCH3 is 2. The Bertz CT molecular complexity index is 227. The van der Waals surface area contributed by atoms with Gasteiger partial charge in [-0.25, -0.2) is 0 Å². The van der Waals surface area contributed by atoms with Gasteiger partial charge in [0.15, 0.2) is 6.29 Å². The summed E-state index contributed by atoms with van der Waals surface area (Å²) in [6, 6.07) is 0.366. The molecule has 5 heteroatoms. The van der Waals surface area contributed by atoms with Crippen LogP contribution in [0.4, 0.5) is 0 Å². The van der Waals surface area contributed by atoms with Gasteiger partial charge in [0.1, 0.15) is 0 Å². The van der Waals surface area contributed by atoms with Crippen molar-refractivity contribution in [2.24, 2.45) is 11.7 Å². The van der Waals surface area contributed by atoms with E-state index < -0.39 is 0 Å². The summed E-state index contributed by atoms with van der Waals surface area (Å²) in [5.74, 6) is 0.824. The van der Waals surface area contributed by atoms with Crippen molar-refractivity contribution in [1.82, 2.24) is 9.80 Å². The molecule has 0 aliphatic carbocycles. The van der Waals surface area contributed by atoms with E-state index in [2.05, 4.69) is 23.9 Å². The standard InChI is InChI=1S/C14H31N3O2/c1-16(2)11-12-5-7-17(8-6-12)13(10-15)9-14(18-3)19-4/h12-14H,5-11,15H2,1-4H3. The maximum atomic E-state index is 5.92. The van der Waals surface area contributed by atoms with Crippen LogP contribution in [0.5, 0.6) is 0 Å². The molecule has 1 aliphatic heterocycles. The smallest absolute Gasteiger partial charge is 0.158 e. The molecule has 114 valence electrons. The largest absolute Gasteiger partial charge is 0.356 e. The second-order valence-electron chi connectivity index (χ2n) is 5.77. The summed E-state index contributed by atoms with van der Waals surface area (Å²) in [7, 11) is 7.67. The highest BCUT2D eigenvalue weighted by Crippen LogP contribution is 2.21.